The number of oxime groups is 1. The first-order valence-electron chi connectivity index (χ1n) is 5.48. The molecule has 1 aromatic rings. The predicted octanol–water partition coefficient (Wildman–Crippen LogP) is 2.82. The number of rotatable bonds is 4. The van der Waals surface area contributed by atoms with Crippen LogP contribution in [0.4, 0.5) is 0 Å². The summed E-state index contributed by atoms with van der Waals surface area (Å²) in [5.74, 6) is 2.06. The van der Waals surface area contributed by atoms with Gasteiger partial charge in [0.05, 0.1) is 12.8 Å². The van der Waals surface area contributed by atoms with Gasteiger partial charge in [-0.3, -0.25) is 0 Å². The van der Waals surface area contributed by atoms with Crippen LogP contribution in [0.2, 0.25) is 0 Å². The highest BCUT2D eigenvalue weighted by atomic mass is 16.6. The molecule has 0 N–H and O–H groups in total. The maximum Gasteiger partial charge on any atom is 0.118 e. The highest BCUT2D eigenvalue weighted by molar-refractivity contribution is 5.87. The second-order valence-electron chi connectivity index (χ2n) is 4.14. The molecule has 0 bridgehead atoms. The molecule has 0 saturated heterocycles. The van der Waals surface area contributed by atoms with E-state index >= 15 is 0 Å². The number of nitrogens with zero attached hydrogens (tertiary/aromatic N) is 1. The lowest BCUT2D eigenvalue weighted by Crippen LogP contribution is -1.97. The van der Waals surface area contributed by atoms with Crippen LogP contribution >= 0.6 is 0 Å². The van der Waals surface area contributed by atoms with Crippen molar-refractivity contribution in [1.29, 1.82) is 0 Å². The van der Waals surface area contributed by atoms with E-state index < -0.39 is 0 Å². The molecule has 0 spiro atoms. The van der Waals surface area contributed by atoms with Crippen LogP contribution in [0.1, 0.15) is 24.8 Å². The minimum absolute atomic E-state index is 0.549. The van der Waals surface area contributed by atoms with Crippen LogP contribution in [-0.4, -0.2) is 19.9 Å². The molecule has 1 saturated carbocycles. The Hall–Kier alpha value is -1.51. The molecule has 2 atom stereocenters. The first-order chi connectivity index (χ1) is 7.76. The van der Waals surface area contributed by atoms with Gasteiger partial charge in [-0.1, -0.05) is 17.3 Å². The molecule has 2 rings (SSSR count). The van der Waals surface area contributed by atoms with E-state index in [-0.39, 0.29) is 0 Å². The number of methoxy groups -OCH3 is 1. The molecule has 3 nitrogen and oxygen atoms in total. The Labute approximate surface area is 96.1 Å². The first kappa shape index (κ1) is 11.0. The van der Waals surface area contributed by atoms with Crippen molar-refractivity contribution in [3.63, 3.8) is 0 Å². The third-order valence-corrected chi connectivity index (χ3v) is 3.11. The van der Waals surface area contributed by atoms with Gasteiger partial charge in [-0.05, 0) is 37.0 Å². The van der Waals surface area contributed by atoms with E-state index in [4.69, 9.17) is 9.57 Å². The van der Waals surface area contributed by atoms with E-state index in [9.17, 15) is 0 Å². The molecule has 3 heteroatoms. The summed E-state index contributed by atoms with van der Waals surface area (Å²) in [6.07, 6.45) is 1.17. The molecule has 2 unspecified atom stereocenters. The Bertz CT molecular complexity index is 383. The smallest absolute Gasteiger partial charge is 0.118 e. The normalized spacial score (nSPS) is 24.1. The molecule has 1 fully saturated rings. The number of hydrogen-bond donors (Lipinski definition) is 0. The van der Waals surface area contributed by atoms with E-state index in [1.165, 1.54) is 12.0 Å². The third kappa shape index (κ3) is 2.18. The SMILES string of the molecule is CON=C(C)C1CC1c1ccc(OC)cc1. The molecule has 16 heavy (non-hydrogen) atoms. The maximum atomic E-state index is 5.14. The summed E-state index contributed by atoms with van der Waals surface area (Å²) < 4.78 is 5.14. The number of hydrogen-bond acceptors (Lipinski definition) is 3. The Morgan fingerprint density at radius 2 is 1.94 bits per heavy atom. The first-order valence-corrected chi connectivity index (χ1v) is 5.48. The van der Waals surface area contributed by atoms with E-state index in [0.717, 1.165) is 11.5 Å². The van der Waals surface area contributed by atoms with Crippen LogP contribution in [-0.2, 0) is 4.84 Å². The van der Waals surface area contributed by atoms with Gasteiger partial charge in [0, 0.05) is 5.92 Å². The summed E-state index contributed by atoms with van der Waals surface area (Å²) in [4.78, 5) is 4.79. The minimum atomic E-state index is 0.549. The summed E-state index contributed by atoms with van der Waals surface area (Å²) in [5, 5.41) is 3.99. The van der Waals surface area contributed by atoms with Gasteiger partial charge in [0.1, 0.15) is 12.9 Å². The molecule has 1 aliphatic carbocycles. The zero-order valence-electron chi connectivity index (χ0n) is 9.93. The summed E-state index contributed by atoms with van der Waals surface area (Å²) in [5.41, 5.74) is 2.44. The van der Waals surface area contributed by atoms with Gasteiger partial charge in [0.2, 0.25) is 0 Å². The van der Waals surface area contributed by atoms with E-state index in [1.54, 1.807) is 14.2 Å². The Kier molecular flexibility index (Phi) is 3.13. The van der Waals surface area contributed by atoms with Crippen molar-refractivity contribution >= 4 is 5.71 Å². The van der Waals surface area contributed by atoms with E-state index in [1.807, 2.05) is 19.1 Å². The Morgan fingerprint density at radius 3 is 2.50 bits per heavy atom. The van der Waals surface area contributed by atoms with Crippen LogP contribution in [0, 0.1) is 5.92 Å². The van der Waals surface area contributed by atoms with Crippen LogP contribution in [0.15, 0.2) is 29.4 Å². The summed E-state index contributed by atoms with van der Waals surface area (Å²) >= 11 is 0. The summed E-state index contributed by atoms with van der Waals surface area (Å²) in [7, 11) is 3.28. The zero-order valence-corrected chi connectivity index (χ0v) is 9.93. The van der Waals surface area contributed by atoms with Crippen LogP contribution < -0.4 is 4.74 Å². The predicted molar refractivity (Wildman–Crippen MR) is 64.0 cm³/mol. The molecule has 1 aromatic carbocycles. The van der Waals surface area contributed by atoms with Crippen molar-refractivity contribution in [1.82, 2.24) is 0 Å². The van der Waals surface area contributed by atoms with Crippen molar-refractivity contribution < 1.29 is 9.57 Å². The summed E-state index contributed by atoms with van der Waals surface area (Å²) in [6.45, 7) is 2.03. The second kappa shape index (κ2) is 4.56. The largest absolute Gasteiger partial charge is 0.497 e. The molecule has 0 radical (unpaired) electrons. The quantitative estimate of drug-likeness (QED) is 0.576. The lowest BCUT2D eigenvalue weighted by Gasteiger charge is -2.02. The Balaban J connectivity index is 2.03. The van der Waals surface area contributed by atoms with Gasteiger partial charge in [-0.25, -0.2) is 0 Å². The van der Waals surface area contributed by atoms with Crippen LogP contribution in [0.3, 0.4) is 0 Å². The fourth-order valence-electron chi connectivity index (χ4n) is 2.09. The van der Waals surface area contributed by atoms with Gasteiger partial charge in [-0.2, -0.15) is 0 Å². The van der Waals surface area contributed by atoms with Crippen molar-refractivity contribution in [3.8, 4) is 5.75 Å². The zero-order chi connectivity index (χ0) is 11.5. The second-order valence-corrected chi connectivity index (χ2v) is 4.14. The molecular formula is C13H17NO2. The molecule has 86 valence electrons. The van der Waals surface area contributed by atoms with Gasteiger partial charge >= 0.3 is 0 Å². The van der Waals surface area contributed by atoms with E-state index in [2.05, 4.69) is 17.3 Å². The number of benzene rings is 1. The van der Waals surface area contributed by atoms with Gasteiger partial charge < -0.3 is 9.57 Å². The van der Waals surface area contributed by atoms with Gasteiger partial charge in [0.25, 0.3) is 0 Å². The monoisotopic (exact) mass is 219 g/mol. The number of ether oxygens (including phenoxy) is 1. The van der Waals surface area contributed by atoms with Crippen LogP contribution in [0.5, 0.6) is 5.75 Å². The van der Waals surface area contributed by atoms with Gasteiger partial charge in [-0.15, -0.1) is 0 Å². The molecular weight excluding hydrogens is 202 g/mol. The van der Waals surface area contributed by atoms with Crippen molar-refractivity contribution in [3.05, 3.63) is 29.8 Å². The topological polar surface area (TPSA) is 30.8 Å². The van der Waals surface area contributed by atoms with Crippen molar-refractivity contribution in [2.24, 2.45) is 11.1 Å². The highest BCUT2D eigenvalue weighted by Crippen LogP contribution is 2.48. The standard InChI is InChI=1S/C13H17NO2/c1-9(14-16-3)12-8-13(12)10-4-6-11(15-2)7-5-10/h4-7,12-13H,8H2,1-3H3. The molecule has 1 aliphatic rings. The molecule has 0 aromatic heterocycles. The average molecular weight is 219 g/mol. The highest BCUT2D eigenvalue weighted by Gasteiger charge is 2.40. The fraction of sp³-hybridized carbons (Fsp3) is 0.462. The molecule has 0 heterocycles. The minimum Gasteiger partial charge on any atom is -0.497 e. The van der Waals surface area contributed by atoms with Crippen molar-refractivity contribution in [2.45, 2.75) is 19.3 Å². The lowest BCUT2D eigenvalue weighted by molar-refractivity contribution is 0.212. The lowest BCUT2D eigenvalue weighted by atomic mass is 10.1. The molecule has 0 aliphatic heterocycles. The van der Waals surface area contributed by atoms with Crippen LogP contribution in [0.25, 0.3) is 0 Å². The van der Waals surface area contributed by atoms with E-state index in [0.29, 0.717) is 11.8 Å². The summed E-state index contributed by atoms with van der Waals surface area (Å²) in [6, 6.07) is 8.27. The average Bonchev–Trinajstić information content (AvgIpc) is 3.09. The fourth-order valence-corrected chi connectivity index (χ4v) is 2.09. The van der Waals surface area contributed by atoms with Gasteiger partial charge in [0.15, 0.2) is 0 Å². The third-order valence-electron chi connectivity index (χ3n) is 3.11. The Morgan fingerprint density at radius 1 is 1.25 bits per heavy atom. The maximum absolute atomic E-state index is 5.14. The van der Waals surface area contributed by atoms with Crippen molar-refractivity contribution in [2.75, 3.05) is 14.2 Å². The molecule has 0 amide bonds.